The van der Waals surface area contributed by atoms with Crippen molar-refractivity contribution in [3.05, 3.63) is 64.2 Å². The molecule has 0 unspecified atom stereocenters. The number of nitrogens with zero attached hydrogens (tertiary/aromatic N) is 3. The number of ketones is 1. The van der Waals surface area contributed by atoms with E-state index in [9.17, 15) is 19.8 Å². The number of aromatic nitrogens is 2. The standard InChI is InChI=1S/C24H28N4O5/c1-27(2)18-7-5-14-9-16(4-3-15(14)10-18)19(30)8-6-17-12-28(24(32)26-23(17)25)22-11-20(31)21(13-29)33-22/h3-5,7,9-10,12,20-22,29,31H,6,8,11,13H2,1-2H3,(H2,25,26,32)/t20-,21+,22+/m0/s1. The molecule has 2 heterocycles. The summed E-state index contributed by atoms with van der Waals surface area (Å²) in [4.78, 5) is 31.0. The Labute approximate surface area is 191 Å². The molecule has 0 radical (unpaired) electrons. The number of carbonyl (C=O) groups excluding carboxylic acids is 1. The molecule has 1 fully saturated rings. The van der Waals surface area contributed by atoms with E-state index >= 15 is 0 Å². The van der Waals surface area contributed by atoms with E-state index in [0.717, 1.165) is 16.5 Å². The van der Waals surface area contributed by atoms with Crippen LogP contribution in [-0.4, -0.2) is 58.5 Å². The van der Waals surface area contributed by atoms with E-state index in [1.807, 2.05) is 49.3 Å². The molecule has 1 saturated heterocycles. The van der Waals surface area contributed by atoms with Crippen LogP contribution >= 0.6 is 0 Å². The van der Waals surface area contributed by atoms with Gasteiger partial charge in [0.05, 0.1) is 12.7 Å². The highest BCUT2D eigenvalue weighted by Crippen LogP contribution is 2.28. The van der Waals surface area contributed by atoms with Gasteiger partial charge in [0, 0.05) is 49.9 Å². The highest BCUT2D eigenvalue weighted by atomic mass is 16.5. The average molecular weight is 453 g/mol. The van der Waals surface area contributed by atoms with E-state index < -0.39 is 24.1 Å². The zero-order valence-electron chi connectivity index (χ0n) is 18.6. The number of fused-ring (bicyclic) bond motifs is 1. The van der Waals surface area contributed by atoms with Gasteiger partial charge in [0.2, 0.25) is 0 Å². The number of benzene rings is 2. The van der Waals surface area contributed by atoms with Gasteiger partial charge >= 0.3 is 5.69 Å². The van der Waals surface area contributed by atoms with E-state index in [1.54, 1.807) is 0 Å². The molecule has 174 valence electrons. The van der Waals surface area contributed by atoms with Crippen molar-refractivity contribution >= 4 is 28.1 Å². The number of hydrogen-bond acceptors (Lipinski definition) is 8. The summed E-state index contributed by atoms with van der Waals surface area (Å²) in [7, 11) is 3.96. The molecule has 4 rings (SSSR count). The minimum Gasteiger partial charge on any atom is -0.394 e. The quantitative estimate of drug-likeness (QED) is 0.460. The number of aliphatic hydroxyl groups excluding tert-OH is 2. The molecular weight excluding hydrogens is 424 g/mol. The fourth-order valence-corrected chi connectivity index (χ4v) is 4.05. The number of carbonyl (C=O) groups is 1. The second kappa shape index (κ2) is 9.30. The van der Waals surface area contributed by atoms with Crippen LogP contribution in [0.1, 0.15) is 35.0 Å². The van der Waals surface area contributed by atoms with Crippen LogP contribution in [0.15, 0.2) is 47.4 Å². The first kappa shape index (κ1) is 22.9. The van der Waals surface area contributed by atoms with Crippen molar-refractivity contribution in [2.75, 3.05) is 31.3 Å². The number of aliphatic hydroxyl groups is 2. The lowest BCUT2D eigenvalue weighted by Gasteiger charge is -2.16. The number of nitrogens with two attached hydrogens (primary N) is 1. The third-order valence-electron chi connectivity index (χ3n) is 6.04. The van der Waals surface area contributed by atoms with Crippen molar-refractivity contribution in [2.45, 2.75) is 37.7 Å². The average Bonchev–Trinajstić information content (AvgIpc) is 3.17. The van der Waals surface area contributed by atoms with Crippen LogP contribution in [0, 0.1) is 0 Å². The molecular formula is C24H28N4O5. The van der Waals surface area contributed by atoms with Gasteiger partial charge in [-0.05, 0) is 35.4 Å². The normalized spacial score (nSPS) is 20.3. The number of hydrogen-bond donors (Lipinski definition) is 3. The van der Waals surface area contributed by atoms with Crippen LogP contribution in [-0.2, 0) is 11.2 Å². The predicted octanol–water partition coefficient (Wildman–Crippen LogP) is 1.50. The molecule has 3 aromatic rings. The Bertz CT molecular complexity index is 1240. The Hall–Kier alpha value is -3.27. The molecule has 4 N–H and O–H groups in total. The summed E-state index contributed by atoms with van der Waals surface area (Å²) in [6, 6.07) is 11.7. The van der Waals surface area contributed by atoms with Crippen LogP contribution in [0.2, 0.25) is 0 Å². The second-order valence-electron chi connectivity index (χ2n) is 8.52. The van der Waals surface area contributed by atoms with Crippen molar-refractivity contribution in [3.63, 3.8) is 0 Å². The van der Waals surface area contributed by atoms with Gasteiger partial charge in [-0.3, -0.25) is 9.36 Å². The third kappa shape index (κ3) is 4.75. The lowest BCUT2D eigenvalue weighted by atomic mass is 10.00. The second-order valence-corrected chi connectivity index (χ2v) is 8.52. The van der Waals surface area contributed by atoms with Gasteiger partial charge in [-0.1, -0.05) is 18.2 Å². The van der Waals surface area contributed by atoms with Crippen molar-refractivity contribution in [3.8, 4) is 0 Å². The fraction of sp³-hybridized carbons (Fsp3) is 0.375. The fourth-order valence-electron chi connectivity index (χ4n) is 4.05. The van der Waals surface area contributed by atoms with E-state index in [4.69, 9.17) is 10.5 Å². The van der Waals surface area contributed by atoms with Crippen LogP contribution < -0.4 is 16.3 Å². The molecule has 0 amide bonds. The van der Waals surface area contributed by atoms with Crippen molar-refractivity contribution in [2.24, 2.45) is 0 Å². The van der Waals surface area contributed by atoms with Crippen molar-refractivity contribution < 1.29 is 19.7 Å². The van der Waals surface area contributed by atoms with Gasteiger partial charge in [0.1, 0.15) is 18.1 Å². The van der Waals surface area contributed by atoms with Gasteiger partial charge in [0.15, 0.2) is 5.78 Å². The number of Topliss-reactive ketones (excluding diaryl/α,β-unsaturated/α-hetero) is 1. The number of anilines is 2. The van der Waals surface area contributed by atoms with Gasteiger partial charge in [-0.15, -0.1) is 0 Å². The monoisotopic (exact) mass is 452 g/mol. The minimum atomic E-state index is -0.879. The summed E-state index contributed by atoms with van der Waals surface area (Å²) >= 11 is 0. The lowest BCUT2D eigenvalue weighted by molar-refractivity contribution is -0.0459. The maximum atomic E-state index is 12.9. The molecule has 9 heteroatoms. The molecule has 0 saturated carbocycles. The molecule has 2 aromatic carbocycles. The molecule has 1 aromatic heterocycles. The molecule has 0 aliphatic carbocycles. The van der Waals surface area contributed by atoms with Gasteiger partial charge < -0.3 is 25.6 Å². The van der Waals surface area contributed by atoms with Gasteiger partial charge in [-0.25, -0.2) is 4.79 Å². The van der Waals surface area contributed by atoms with Crippen LogP contribution in [0.25, 0.3) is 10.8 Å². The van der Waals surface area contributed by atoms with Crippen LogP contribution in [0.4, 0.5) is 11.5 Å². The molecule has 0 bridgehead atoms. The number of rotatable bonds is 7. The zero-order chi connectivity index (χ0) is 23.7. The highest BCUT2D eigenvalue weighted by molar-refractivity contribution is 6.00. The molecule has 9 nitrogen and oxygen atoms in total. The Balaban J connectivity index is 1.50. The summed E-state index contributed by atoms with van der Waals surface area (Å²) in [5.41, 5.74) is 7.57. The first-order valence-corrected chi connectivity index (χ1v) is 10.8. The third-order valence-corrected chi connectivity index (χ3v) is 6.04. The smallest absolute Gasteiger partial charge is 0.351 e. The summed E-state index contributed by atoms with van der Waals surface area (Å²) < 4.78 is 6.81. The number of ether oxygens (including phenoxy) is 1. The Morgan fingerprint density at radius 1 is 1.24 bits per heavy atom. The maximum absolute atomic E-state index is 12.9. The summed E-state index contributed by atoms with van der Waals surface area (Å²) in [5, 5.41) is 21.3. The van der Waals surface area contributed by atoms with E-state index in [-0.39, 0.29) is 31.0 Å². The van der Waals surface area contributed by atoms with Crippen LogP contribution in [0.3, 0.4) is 0 Å². The topological polar surface area (TPSA) is 131 Å². The van der Waals surface area contributed by atoms with Crippen molar-refractivity contribution in [1.29, 1.82) is 0 Å². The van der Waals surface area contributed by atoms with Crippen molar-refractivity contribution in [1.82, 2.24) is 9.55 Å². The minimum absolute atomic E-state index is 0.0429. The lowest BCUT2D eigenvalue weighted by Crippen LogP contribution is -2.29. The summed E-state index contributed by atoms with van der Waals surface area (Å²) in [6.45, 7) is -0.349. The highest BCUT2D eigenvalue weighted by Gasteiger charge is 2.35. The SMILES string of the molecule is CN(C)c1ccc2cc(C(=O)CCc3cn([C@H]4C[C@H](O)[C@@H](CO)O4)c(=O)nc3N)ccc2c1. The first-order valence-electron chi connectivity index (χ1n) is 10.8. The summed E-state index contributed by atoms with van der Waals surface area (Å²) in [5.74, 6) is 0.0228. The predicted molar refractivity (Wildman–Crippen MR) is 125 cm³/mol. The summed E-state index contributed by atoms with van der Waals surface area (Å²) in [6.07, 6.45) is -0.213. The molecule has 3 atom stereocenters. The molecule has 1 aliphatic heterocycles. The largest absolute Gasteiger partial charge is 0.394 e. The molecule has 33 heavy (non-hydrogen) atoms. The Morgan fingerprint density at radius 2 is 1.97 bits per heavy atom. The molecule has 1 aliphatic rings. The number of nitrogen functional groups attached to an aromatic ring is 1. The first-order chi connectivity index (χ1) is 15.8. The Kier molecular flexibility index (Phi) is 6.46. The maximum Gasteiger partial charge on any atom is 0.351 e. The van der Waals surface area contributed by atoms with E-state index in [0.29, 0.717) is 17.5 Å². The van der Waals surface area contributed by atoms with Crippen LogP contribution in [0.5, 0.6) is 0 Å². The molecule has 0 spiro atoms. The van der Waals surface area contributed by atoms with Gasteiger partial charge in [-0.2, -0.15) is 4.98 Å². The van der Waals surface area contributed by atoms with E-state index in [2.05, 4.69) is 11.1 Å². The van der Waals surface area contributed by atoms with Gasteiger partial charge in [0.25, 0.3) is 0 Å². The zero-order valence-corrected chi connectivity index (χ0v) is 18.6. The Morgan fingerprint density at radius 3 is 2.67 bits per heavy atom. The van der Waals surface area contributed by atoms with E-state index in [1.165, 1.54) is 10.8 Å². The number of aryl methyl sites for hydroxylation is 1.